The third kappa shape index (κ3) is 3.48. The van der Waals surface area contributed by atoms with Gasteiger partial charge in [0.1, 0.15) is 0 Å². The molecular formula is C20H21NO3. The van der Waals surface area contributed by atoms with Crippen LogP contribution in [0.2, 0.25) is 0 Å². The minimum atomic E-state index is -0.925. The molecule has 0 bridgehead atoms. The summed E-state index contributed by atoms with van der Waals surface area (Å²) in [5.41, 5.74) is 3.00. The zero-order valence-corrected chi connectivity index (χ0v) is 13.4. The molecule has 0 saturated carbocycles. The van der Waals surface area contributed by atoms with Crippen LogP contribution in [0.3, 0.4) is 0 Å². The number of hydrogen-bond acceptors (Lipinski definition) is 2. The largest absolute Gasteiger partial charge is 0.481 e. The van der Waals surface area contributed by atoms with Gasteiger partial charge < -0.3 is 10.4 Å². The van der Waals surface area contributed by atoms with E-state index < -0.39 is 11.9 Å². The number of aliphatic carboxylic acids is 1. The summed E-state index contributed by atoms with van der Waals surface area (Å²) in [4.78, 5) is 24.2. The van der Waals surface area contributed by atoms with E-state index in [0.717, 1.165) is 24.8 Å². The summed E-state index contributed by atoms with van der Waals surface area (Å²) < 4.78 is 0. The standard InChI is InChI=1S/C20H21NO3/c22-19(17-12-6-10-14-9-4-5-11-16(14)17)21-13-18(20(23)24)15-7-2-1-3-8-15/h1-5,7-9,11,17-18H,6,10,12-13H2,(H,21,22)(H,23,24). The lowest BCUT2D eigenvalue weighted by Crippen LogP contribution is -2.36. The van der Waals surface area contributed by atoms with Gasteiger partial charge in [-0.25, -0.2) is 0 Å². The van der Waals surface area contributed by atoms with E-state index in [4.69, 9.17) is 0 Å². The van der Waals surface area contributed by atoms with Crippen LogP contribution < -0.4 is 5.32 Å². The van der Waals surface area contributed by atoms with E-state index in [1.54, 1.807) is 12.1 Å². The van der Waals surface area contributed by atoms with Crippen molar-refractivity contribution in [2.24, 2.45) is 0 Å². The second-order valence-corrected chi connectivity index (χ2v) is 6.19. The molecule has 0 spiro atoms. The Hall–Kier alpha value is -2.62. The van der Waals surface area contributed by atoms with Crippen molar-refractivity contribution in [3.8, 4) is 0 Å². The molecule has 2 atom stereocenters. The Bertz CT molecular complexity index is 727. The van der Waals surface area contributed by atoms with Crippen LogP contribution in [0.15, 0.2) is 54.6 Å². The number of amides is 1. The first-order chi connectivity index (χ1) is 11.7. The molecule has 1 aliphatic carbocycles. The van der Waals surface area contributed by atoms with Crippen LogP contribution >= 0.6 is 0 Å². The first-order valence-electron chi connectivity index (χ1n) is 8.30. The maximum atomic E-state index is 12.6. The average molecular weight is 323 g/mol. The van der Waals surface area contributed by atoms with Crippen LogP contribution in [0.1, 0.15) is 41.4 Å². The van der Waals surface area contributed by atoms with Crippen LogP contribution in [-0.2, 0) is 16.0 Å². The van der Waals surface area contributed by atoms with Gasteiger partial charge in [-0.1, -0.05) is 54.6 Å². The van der Waals surface area contributed by atoms with Gasteiger partial charge in [0.2, 0.25) is 5.91 Å². The van der Waals surface area contributed by atoms with Crippen molar-refractivity contribution in [2.75, 3.05) is 6.54 Å². The van der Waals surface area contributed by atoms with Crippen molar-refractivity contribution in [3.63, 3.8) is 0 Å². The van der Waals surface area contributed by atoms with Gasteiger partial charge in [0, 0.05) is 6.54 Å². The van der Waals surface area contributed by atoms with E-state index in [9.17, 15) is 14.7 Å². The first kappa shape index (κ1) is 16.2. The molecule has 2 aromatic rings. The monoisotopic (exact) mass is 323 g/mol. The molecule has 0 fully saturated rings. The van der Waals surface area contributed by atoms with Crippen molar-refractivity contribution < 1.29 is 14.7 Å². The van der Waals surface area contributed by atoms with Crippen molar-refractivity contribution in [1.29, 1.82) is 0 Å². The van der Waals surface area contributed by atoms with Gasteiger partial charge >= 0.3 is 5.97 Å². The number of benzene rings is 2. The van der Waals surface area contributed by atoms with E-state index >= 15 is 0 Å². The van der Waals surface area contributed by atoms with Crippen LogP contribution in [0, 0.1) is 0 Å². The number of carboxylic acid groups (broad SMARTS) is 1. The number of carboxylic acids is 1. The molecule has 0 aromatic heterocycles. The minimum absolute atomic E-state index is 0.0793. The molecule has 4 heteroatoms. The van der Waals surface area contributed by atoms with Crippen LogP contribution in [0.5, 0.6) is 0 Å². The van der Waals surface area contributed by atoms with E-state index in [2.05, 4.69) is 11.4 Å². The van der Waals surface area contributed by atoms with Crippen LogP contribution in [0.4, 0.5) is 0 Å². The Morgan fingerprint density at radius 1 is 1.08 bits per heavy atom. The molecule has 0 aliphatic heterocycles. The topological polar surface area (TPSA) is 66.4 Å². The second kappa shape index (κ2) is 7.30. The highest BCUT2D eigenvalue weighted by Crippen LogP contribution is 2.31. The maximum absolute atomic E-state index is 12.6. The van der Waals surface area contributed by atoms with E-state index in [1.165, 1.54) is 5.56 Å². The summed E-state index contributed by atoms with van der Waals surface area (Å²) >= 11 is 0. The summed E-state index contributed by atoms with van der Waals surface area (Å²) in [5.74, 6) is -1.91. The highest BCUT2D eigenvalue weighted by molar-refractivity contribution is 5.85. The molecule has 24 heavy (non-hydrogen) atoms. The molecule has 1 aliphatic rings. The number of nitrogens with one attached hydrogen (secondary N) is 1. The first-order valence-corrected chi connectivity index (χ1v) is 8.30. The van der Waals surface area contributed by atoms with Crippen molar-refractivity contribution in [1.82, 2.24) is 5.32 Å². The quantitative estimate of drug-likeness (QED) is 0.888. The lowest BCUT2D eigenvalue weighted by Gasteiger charge is -2.25. The Balaban J connectivity index is 1.70. The second-order valence-electron chi connectivity index (χ2n) is 6.19. The molecule has 0 heterocycles. The fraction of sp³-hybridized carbons (Fsp3) is 0.300. The molecule has 2 N–H and O–H groups in total. The highest BCUT2D eigenvalue weighted by Gasteiger charge is 2.27. The van der Waals surface area contributed by atoms with E-state index in [0.29, 0.717) is 5.56 Å². The van der Waals surface area contributed by atoms with Gasteiger partial charge in [0.15, 0.2) is 0 Å². The molecule has 124 valence electrons. The third-order valence-electron chi connectivity index (χ3n) is 4.67. The van der Waals surface area contributed by atoms with Gasteiger partial charge in [-0.05, 0) is 36.0 Å². The summed E-state index contributed by atoms with van der Waals surface area (Å²) in [6.07, 6.45) is 2.80. The lowest BCUT2D eigenvalue weighted by atomic mass is 9.82. The van der Waals surface area contributed by atoms with Gasteiger partial charge in [-0.2, -0.15) is 0 Å². The van der Waals surface area contributed by atoms with Gasteiger partial charge in [-0.15, -0.1) is 0 Å². The van der Waals surface area contributed by atoms with Crippen LogP contribution in [0.25, 0.3) is 0 Å². The molecular weight excluding hydrogens is 302 g/mol. The number of aryl methyl sites for hydroxylation is 1. The zero-order chi connectivity index (χ0) is 16.9. The van der Waals surface area contributed by atoms with Gasteiger partial charge in [0.25, 0.3) is 0 Å². The van der Waals surface area contributed by atoms with Crippen molar-refractivity contribution in [3.05, 3.63) is 71.3 Å². The molecule has 3 rings (SSSR count). The number of carbonyl (C=O) groups excluding carboxylic acids is 1. The zero-order valence-electron chi connectivity index (χ0n) is 13.4. The van der Waals surface area contributed by atoms with Crippen LogP contribution in [-0.4, -0.2) is 23.5 Å². The number of hydrogen-bond donors (Lipinski definition) is 2. The Kier molecular flexibility index (Phi) is 4.94. The Morgan fingerprint density at radius 3 is 2.54 bits per heavy atom. The maximum Gasteiger partial charge on any atom is 0.312 e. The molecule has 2 unspecified atom stereocenters. The molecule has 0 radical (unpaired) electrons. The van der Waals surface area contributed by atoms with E-state index in [1.807, 2.05) is 36.4 Å². The normalized spacial score (nSPS) is 17.6. The molecule has 4 nitrogen and oxygen atoms in total. The van der Waals surface area contributed by atoms with E-state index in [-0.39, 0.29) is 18.4 Å². The fourth-order valence-corrected chi connectivity index (χ4v) is 3.39. The van der Waals surface area contributed by atoms with Gasteiger partial charge in [-0.3, -0.25) is 9.59 Å². The summed E-state index contributed by atoms with van der Waals surface area (Å²) in [7, 11) is 0. The average Bonchev–Trinajstić information content (AvgIpc) is 2.62. The third-order valence-corrected chi connectivity index (χ3v) is 4.67. The fourth-order valence-electron chi connectivity index (χ4n) is 3.39. The SMILES string of the molecule is O=C(O)C(CNC(=O)C1CCCc2ccccc21)c1ccccc1. The smallest absolute Gasteiger partial charge is 0.312 e. The number of carbonyl (C=O) groups is 2. The minimum Gasteiger partial charge on any atom is -0.481 e. The van der Waals surface area contributed by atoms with Gasteiger partial charge in [0.05, 0.1) is 11.8 Å². The number of fused-ring (bicyclic) bond motifs is 1. The van der Waals surface area contributed by atoms with Crippen molar-refractivity contribution in [2.45, 2.75) is 31.1 Å². The molecule has 0 saturated heterocycles. The molecule has 1 amide bonds. The highest BCUT2D eigenvalue weighted by atomic mass is 16.4. The number of rotatable bonds is 5. The Labute approximate surface area is 141 Å². The van der Waals surface area contributed by atoms with Crippen molar-refractivity contribution >= 4 is 11.9 Å². The molecule has 2 aromatic carbocycles. The Morgan fingerprint density at radius 2 is 1.79 bits per heavy atom. The predicted octanol–water partition coefficient (Wildman–Crippen LogP) is 3.09. The summed E-state index contributed by atoms with van der Waals surface area (Å²) in [6.45, 7) is 0.108. The summed E-state index contributed by atoms with van der Waals surface area (Å²) in [5, 5.41) is 12.3. The summed E-state index contributed by atoms with van der Waals surface area (Å²) in [6, 6.07) is 17.0. The lowest BCUT2D eigenvalue weighted by molar-refractivity contribution is -0.138. The predicted molar refractivity (Wildman–Crippen MR) is 91.9 cm³/mol.